The predicted molar refractivity (Wildman–Crippen MR) is 106 cm³/mol. The van der Waals surface area contributed by atoms with Gasteiger partial charge in [0.1, 0.15) is 11.6 Å². The number of halogens is 2. The average molecular weight is 416 g/mol. The van der Waals surface area contributed by atoms with E-state index in [1.165, 1.54) is 30.3 Å². The quantitative estimate of drug-likeness (QED) is 0.454. The molecule has 29 heavy (non-hydrogen) atoms. The summed E-state index contributed by atoms with van der Waals surface area (Å²) >= 11 is 1.14. The number of benzene rings is 2. The van der Waals surface area contributed by atoms with Crippen LogP contribution in [0.15, 0.2) is 53.7 Å². The van der Waals surface area contributed by atoms with Gasteiger partial charge in [-0.25, -0.2) is 8.78 Å². The first kappa shape index (κ1) is 19.5. The summed E-state index contributed by atoms with van der Waals surface area (Å²) in [5, 5.41) is 8.91. The highest BCUT2D eigenvalue weighted by atomic mass is 32.2. The Labute approximate surface area is 170 Å². The lowest BCUT2D eigenvalue weighted by Crippen LogP contribution is -2.37. The lowest BCUT2D eigenvalue weighted by Gasteiger charge is -2.27. The fraction of sp³-hybridized carbons (Fsp3) is 0.250. The number of carbonyl (C=O) groups excluding carboxylic acids is 1. The highest BCUT2D eigenvalue weighted by Gasteiger charge is 2.23. The summed E-state index contributed by atoms with van der Waals surface area (Å²) in [4.78, 5) is 14.4. The summed E-state index contributed by atoms with van der Waals surface area (Å²) in [6, 6.07) is 12.0. The van der Waals surface area contributed by atoms with E-state index >= 15 is 0 Å². The fourth-order valence-corrected chi connectivity index (χ4v) is 3.89. The summed E-state index contributed by atoms with van der Waals surface area (Å²) in [5.74, 6) is -0.756. The molecule has 1 fully saturated rings. The standard InChI is InChI=1S/C20H18F2N4O2S/c21-14-4-3-5-15(12-14)26-19(25-8-10-28-11-9-25)23-24-20(26)29-13-18(27)16-6-1-2-7-17(16)22/h1-7,12H,8-11,13H2. The van der Waals surface area contributed by atoms with E-state index < -0.39 is 5.82 Å². The zero-order chi connectivity index (χ0) is 20.2. The number of morpholine rings is 1. The number of hydrogen-bond acceptors (Lipinski definition) is 6. The number of rotatable bonds is 6. The number of nitrogens with zero attached hydrogens (tertiary/aromatic N) is 4. The summed E-state index contributed by atoms with van der Waals surface area (Å²) < 4.78 is 34.8. The van der Waals surface area contributed by atoms with E-state index in [4.69, 9.17) is 4.74 Å². The number of hydrogen-bond donors (Lipinski definition) is 0. The minimum Gasteiger partial charge on any atom is -0.378 e. The third kappa shape index (κ3) is 4.30. The predicted octanol–water partition coefficient (Wildman–Crippen LogP) is 3.36. The van der Waals surface area contributed by atoms with Crippen LogP contribution in [0.5, 0.6) is 0 Å². The molecule has 0 bridgehead atoms. The van der Waals surface area contributed by atoms with Crippen molar-refractivity contribution in [2.45, 2.75) is 5.16 Å². The van der Waals surface area contributed by atoms with Crippen molar-refractivity contribution < 1.29 is 18.3 Å². The largest absolute Gasteiger partial charge is 0.378 e. The highest BCUT2D eigenvalue weighted by molar-refractivity contribution is 7.99. The molecule has 1 aromatic heterocycles. The van der Waals surface area contributed by atoms with Gasteiger partial charge in [0.25, 0.3) is 0 Å². The van der Waals surface area contributed by atoms with Gasteiger partial charge in [-0.05, 0) is 30.3 Å². The van der Waals surface area contributed by atoms with Crippen molar-refractivity contribution in [2.24, 2.45) is 0 Å². The summed E-state index contributed by atoms with van der Waals surface area (Å²) in [6.07, 6.45) is 0. The number of carbonyl (C=O) groups is 1. The first-order valence-corrected chi connectivity index (χ1v) is 10.1. The minimum absolute atomic E-state index is 0.0164. The Hall–Kier alpha value is -2.78. The van der Waals surface area contributed by atoms with Crippen molar-refractivity contribution in [1.82, 2.24) is 14.8 Å². The van der Waals surface area contributed by atoms with Gasteiger partial charge in [-0.2, -0.15) is 0 Å². The molecule has 0 saturated carbocycles. The fourth-order valence-electron chi connectivity index (χ4n) is 3.06. The molecule has 0 N–H and O–H groups in total. The highest BCUT2D eigenvalue weighted by Crippen LogP contribution is 2.28. The lowest BCUT2D eigenvalue weighted by atomic mass is 10.1. The van der Waals surface area contributed by atoms with Gasteiger partial charge in [-0.3, -0.25) is 9.36 Å². The van der Waals surface area contributed by atoms with Crippen molar-refractivity contribution in [3.8, 4) is 5.69 Å². The Balaban J connectivity index is 1.63. The maximum absolute atomic E-state index is 13.9. The summed E-state index contributed by atoms with van der Waals surface area (Å²) in [7, 11) is 0. The topological polar surface area (TPSA) is 60.3 Å². The molecule has 0 radical (unpaired) electrons. The van der Waals surface area contributed by atoms with Crippen LogP contribution in [0.25, 0.3) is 5.69 Å². The maximum atomic E-state index is 13.9. The molecular weight excluding hydrogens is 398 g/mol. The third-order valence-electron chi connectivity index (χ3n) is 4.48. The normalized spacial score (nSPS) is 14.2. The van der Waals surface area contributed by atoms with Crippen molar-refractivity contribution in [1.29, 1.82) is 0 Å². The van der Waals surface area contributed by atoms with Crippen LogP contribution in [0.4, 0.5) is 14.7 Å². The zero-order valence-electron chi connectivity index (χ0n) is 15.4. The lowest BCUT2D eigenvalue weighted by molar-refractivity contribution is 0.101. The molecule has 0 amide bonds. The Morgan fingerprint density at radius 3 is 2.62 bits per heavy atom. The number of ketones is 1. The van der Waals surface area contributed by atoms with Crippen LogP contribution in [-0.4, -0.2) is 52.6 Å². The molecule has 1 aliphatic heterocycles. The molecule has 2 heterocycles. The van der Waals surface area contributed by atoms with E-state index in [1.807, 2.05) is 4.90 Å². The third-order valence-corrected chi connectivity index (χ3v) is 5.41. The Morgan fingerprint density at radius 1 is 1.07 bits per heavy atom. The summed E-state index contributed by atoms with van der Waals surface area (Å²) in [6.45, 7) is 2.38. The molecule has 6 nitrogen and oxygen atoms in total. The molecule has 4 rings (SSSR count). The van der Waals surface area contributed by atoms with Gasteiger partial charge in [0.15, 0.2) is 10.9 Å². The minimum atomic E-state index is -0.557. The van der Waals surface area contributed by atoms with Crippen LogP contribution in [-0.2, 0) is 4.74 Å². The number of anilines is 1. The van der Waals surface area contributed by atoms with Gasteiger partial charge in [0.05, 0.1) is 30.2 Å². The van der Waals surface area contributed by atoms with Crippen LogP contribution in [0.1, 0.15) is 10.4 Å². The van der Waals surface area contributed by atoms with Crippen LogP contribution in [0, 0.1) is 11.6 Å². The Kier molecular flexibility index (Phi) is 5.86. The van der Waals surface area contributed by atoms with Gasteiger partial charge in [-0.1, -0.05) is 30.0 Å². The van der Waals surface area contributed by atoms with Crippen molar-refractivity contribution in [2.75, 3.05) is 37.0 Å². The van der Waals surface area contributed by atoms with Crippen molar-refractivity contribution >= 4 is 23.5 Å². The number of ether oxygens (including phenoxy) is 1. The van der Waals surface area contributed by atoms with Gasteiger partial charge in [0.2, 0.25) is 5.95 Å². The first-order chi connectivity index (χ1) is 14.1. The number of aromatic nitrogens is 3. The van der Waals surface area contributed by atoms with Gasteiger partial charge < -0.3 is 9.64 Å². The molecule has 1 saturated heterocycles. The molecule has 0 spiro atoms. The molecule has 3 aromatic rings. The second-order valence-electron chi connectivity index (χ2n) is 6.39. The van der Waals surface area contributed by atoms with E-state index in [1.54, 1.807) is 22.8 Å². The number of thioether (sulfide) groups is 1. The summed E-state index contributed by atoms with van der Waals surface area (Å²) in [5.41, 5.74) is 0.586. The van der Waals surface area contributed by atoms with E-state index in [9.17, 15) is 13.6 Å². The average Bonchev–Trinajstić information content (AvgIpc) is 3.17. The molecule has 9 heteroatoms. The molecule has 0 aliphatic carbocycles. The maximum Gasteiger partial charge on any atom is 0.232 e. The van der Waals surface area contributed by atoms with Crippen LogP contribution >= 0.6 is 11.8 Å². The van der Waals surface area contributed by atoms with E-state index in [2.05, 4.69) is 10.2 Å². The van der Waals surface area contributed by atoms with Gasteiger partial charge >= 0.3 is 0 Å². The second kappa shape index (κ2) is 8.71. The van der Waals surface area contributed by atoms with E-state index in [-0.39, 0.29) is 22.9 Å². The molecule has 0 atom stereocenters. The van der Waals surface area contributed by atoms with Crippen molar-refractivity contribution in [3.05, 3.63) is 65.7 Å². The molecule has 2 aromatic carbocycles. The Bertz CT molecular complexity index is 1020. The van der Waals surface area contributed by atoms with Crippen LogP contribution in [0.3, 0.4) is 0 Å². The van der Waals surface area contributed by atoms with Crippen LogP contribution < -0.4 is 4.90 Å². The molecular formula is C20H18F2N4O2S. The van der Waals surface area contributed by atoms with E-state index in [0.717, 1.165) is 11.8 Å². The molecule has 1 aliphatic rings. The zero-order valence-corrected chi connectivity index (χ0v) is 16.2. The Morgan fingerprint density at radius 2 is 1.86 bits per heavy atom. The molecule has 150 valence electrons. The van der Waals surface area contributed by atoms with Gasteiger partial charge in [-0.15, -0.1) is 10.2 Å². The van der Waals surface area contributed by atoms with Crippen molar-refractivity contribution in [3.63, 3.8) is 0 Å². The smallest absolute Gasteiger partial charge is 0.232 e. The SMILES string of the molecule is O=C(CSc1nnc(N2CCOCC2)n1-c1cccc(F)c1)c1ccccc1F. The number of Topliss-reactive ketones (excluding diaryl/α,β-unsaturated/α-hetero) is 1. The monoisotopic (exact) mass is 416 g/mol. The van der Waals surface area contributed by atoms with Crippen LogP contribution in [0.2, 0.25) is 0 Å². The second-order valence-corrected chi connectivity index (χ2v) is 7.33. The van der Waals surface area contributed by atoms with Gasteiger partial charge in [0, 0.05) is 13.1 Å². The molecule has 0 unspecified atom stereocenters. The first-order valence-electron chi connectivity index (χ1n) is 9.08. The van der Waals surface area contributed by atoms with E-state index in [0.29, 0.717) is 43.1 Å².